The minimum atomic E-state index is -2.81. The molecule has 0 radical (unpaired) electrons. The van der Waals surface area contributed by atoms with Gasteiger partial charge in [-0.3, -0.25) is 15.0 Å². The van der Waals surface area contributed by atoms with Gasteiger partial charge in [-0.25, -0.2) is 4.98 Å². The number of fused-ring (bicyclic) bond motifs is 3. The maximum absolute atomic E-state index is 9.57. The van der Waals surface area contributed by atoms with E-state index < -0.39 is 31.4 Å². The van der Waals surface area contributed by atoms with Crippen LogP contribution in [-0.4, -0.2) is 19.9 Å². The van der Waals surface area contributed by atoms with Crippen LogP contribution in [0.15, 0.2) is 193 Å². The summed E-state index contributed by atoms with van der Waals surface area (Å²) >= 11 is 0. The molecule has 0 aliphatic carbocycles. The summed E-state index contributed by atoms with van der Waals surface area (Å²) in [5.41, 5.74) is 7.59. The molecule has 0 saturated heterocycles. The minimum Gasteiger partial charge on any atom is -0.437 e. The van der Waals surface area contributed by atoms with Crippen LogP contribution in [0.3, 0.4) is 0 Å². The predicted molar refractivity (Wildman–Crippen MR) is 254 cm³/mol. The highest BCUT2D eigenvalue weighted by atomic mass is 16.3. The van der Waals surface area contributed by atoms with Crippen LogP contribution in [0.5, 0.6) is 0 Å². The lowest BCUT2D eigenvalue weighted by molar-refractivity contribution is 0.648. The fourth-order valence-corrected chi connectivity index (χ4v) is 7.57. The van der Waals surface area contributed by atoms with Crippen molar-refractivity contribution >= 4 is 22.1 Å². The fraction of sp³-hybridized carbons (Fsp3) is 0.123. The van der Waals surface area contributed by atoms with Crippen molar-refractivity contribution in [3.8, 4) is 56.0 Å². The number of rotatable bonds is 12. The van der Waals surface area contributed by atoms with E-state index >= 15 is 0 Å². The van der Waals surface area contributed by atoms with Crippen LogP contribution in [0.2, 0.25) is 0 Å². The molecule has 0 amide bonds. The SMILES string of the molecule is [2H]C(C)(C)c1ccc2c(n1)oc1c(-c3ccc(-c4ccccc4-c4cc(C([2H])([2H])C([2H])([2H])c5ccc(-c6ccccc6)nc5)cc(C([2H])([2H])C([2H])([2H])c5ccc(-c6ccccc6)nc5)c4)cn3)cccc12. The topological polar surface area (TPSA) is 64.7 Å². The van der Waals surface area contributed by atoms with E-state index in [1.807, 2.05) is 121 Å². The largest absolute Gasteiger partial charge is 0.437 e. The molecule has 5 heterocycles. The van der Waals surface area contributed by atoms with E-state index in [1.54, 1.807) is 38.2 Å². The smallest absolute Gasteiger partial charge is 0.227 e. The maximum Gasteiger partial charge on any atom is 0.227 e. The lowest BCUT2D eigenvalue weighted by Crippen LogP contribution is -1.98. The average molecular weight is 812 g/mol. The zero-order valence-electron chi connectivity index (χ0n) is 43.1. The summed E-state index contributed by atoms with van der Waals surface area (Å²) in [6.45, 7) is 3.56. The molecule has 5 nitrogen and oxygen atoms in total. The number of pyridine rings is 4. The Labute approximate surface area is 375 Å². The van der Waals surface area contributed by atoms with Gasteiger partial charge in [-0.15, -0.1) is 0 Å². The standard InChI is InChI=1S/C57H46N4O/c1-38(2)52-31-27-50-49-18-11-19-51(56(49)62-57(50)61-52)55-30-26-45(37-60-55)47-16-9-10-17-48(47)46-33-41(22-20-39-24-28-53(58-35-39)43-12-5-3-6-13-43)32-42(34-46)23-21-40-25-29-54(59-36-40)44-14-7-4-8-15-44/h3-19,24-38H,20-23H2,1-2H3/i20D2,21D2,22D2,23D2,38D. The summed E-state index contributed by atoms with van der Waals surface area (Å²) in [6.07, 6.45) is -6.66. The Bertz CT molecular complexity index is 3430. The molecule has 5 aromatic carbocycles. The van der Waals surface area contributed by atoms with Crippen LogP contribution in [0.4, 0.5) is 0 Å². The van der Waals surface area contributed by atoms with Gasteiger partial charge >= 0.3 is 0 Å². The van der Waals surface area contributed by atoms with Gasteiger partial charge < -0.3 is 4.42 Å². The molecule has 10 aromatic rings. The highest BCUT2D eigenvalue weighted by Gasteiger charge is 2.17. The van der Waals surface area contributed by atoms with Gasteiger partial charge in [0, 0.05) is 69.6 Å². The monoisotopic (exact) mass is 811 g/mol. The first-order valence-corrected chi connectivity index (χ1v) is 20.4. The molecule has 0 spiro atoms. The quantitative estimate of drug-likeness (QED) is 0.123. The van der Waals surface area contributed by atoms with E-state index in [0.717, 1.165) is 27.5 Å². The second-order valence-corrected chi connectivity index (χ2v) is 15.2. The maximum atomic E-state index is 9.57. The zero-order chi connectivity index (χ0) is 49.9. The van der Waals surface area contributed by atoms with Crippen molar-refractivity contribution < 1.29 is 16.8 Å². The lowest BCUT2D eigenvalue weighted by atomic mass is 9.90. The molecule has 0 unspecified atom stereocenters. The summed E-state index contributed by atoms with van der Waals surface area (Å²) in [5, 5.41) is 1.69. The number of furan rings is 1. The predicted octanol–water partition coefficient (Wildman–Crippen LogP) is 14.2. The van der Waals surface area contributed by atoms with Crippen molar-refractivity contribution in [1.82, 2.24) is 19.9 Å². The van der Waals surface area contributed by atoms with E-state index in [1.165, 1.54) is 42.7 Å². The molecular weight excluding hydrogens is 757 g/mol. The van der Waals surface area contributed by atoms with Gasteiger partial charge in [-0.1, -0.05) is 147 Å². The number of hydrogen-bond acceptors (Lipinski definition) is 5. The third kappa shape index (κ3) is 8.18. The number of aromatic nitrogens is 4. The Morgan fingerprint density at radius 2 is 1.00 bits per heavy atom. The van der Waals surface area contributed by atoms with E-state index in [4.69, 9.17) is 10.8 Å². The number of benzene rings is 5. The number of hydrogen-bond donors (Lipinski definition) is 0. The van der Waals surface area contributed by atoms with Crippen LogP contribution in [0.25, 0.3) is 78.1 Å². The second-order valence-electron chi connectivity index (χ2n) is 15.2. The van der Waals surface area contributed by atoms with Gasteiger partial charge in [0.1, 0.15) is 5.58 Å². The van der Waals surface area contributed by atoms with Crippen molar-refractivity contribution in [3.63, 3.8) is 0 Å². The Kier molecular flexibility index (Phi) is 8.25. The second kappa shape index (κ2) is 17.2. The molecule has 62 heavy (non-hydrogen) atoms. The lowest BCUT2D eigenvalue weighted by Gasteiger charge is -2.15. The minimum absolute atomic E-state index is 0.0280. The molecule has 0 bridgehead atoms. The number of aryl methyl sites for hydroxylation is 4. The van der Waals surface area contributed by atoms with Crippen molar-refractivity contribution in [2.75, 3.05) is 0 Å². The van der Waals surface area contributed by atoms with Crippen LogP contribution in [-0.2, 0) is 25.5 Å². The van der Waals surface area contributed by atoms with Crippen molar-refractivity contribution in [2.45, 2.75) is 45.2 Å². The molecule has 10 rings (SSSR count). The van der Waals surface area contributed by atoms with Gasteiger partial charge in [0.25, 0.3) is 0 Å². The molecule has 300 valence electrons. The van der Waals surface area contributed by atoms with Crippen LogP contribution in [0, 0.1) is 0 Å². The molecule has 0 saturated carbocycles. The number of nitrogens with zero attached hydrogens (tertiary/aromatic N) is 4. The summed E-state index contributed by atoms with van der Waals surface area (Å²) in [5.74, 6) is -0.910. The molecule has 5 heteroatoms. The third-order valence-corrected chi connectivity index (χ3v) is 10.8. The summed E-state index contributed by atoms with van der Waals surface area (Å²) in [6, 6.07) is 50.0. The Balaban J connectivity index is 1.07. The van der Waals surface area contributed by atoms with Crippen LogP contribution >= 0.6 is 0 Å². The third-order valence-electron chi connectivity index (χ3n) is 10.8. The summed E-state index contributed by atoms with van der Waals surface area (Å²) < 4.78 is 90.6. The first-order chi connectivity index (χ1) is 33.8. The van der Waals surface area contributed by atoms with E-state index in [-0.39, 0.29) is 22.3 Å². The van der Waals surface area contributed by atoms with Crippen molar-refractivity contribution in [2.24, 2.45) is 0 Å². The molecule has 0 aliphatic heterocycles. The first-order valence-electron chi connectivity index (χ1n) is 24.9. The molecule has 0 atom stereocenters. The van der Waals surface area contributed by atoms with Crippen LogP contribution < -0.4 is 0 Å². The molecule has 5 aromatic heterocycles. The molecule has 0 aliphatic rings. The number of para-hydroxylation sites is 1. The molecule has 0 fully saturated rings. The van der Waals surface area contributed by atoms with Gasteiger partial charge in [0.2, 0.25) is 5.71 Å². The Morgan fingerprint density at radius 3 is 1.56 bits per heavy atom. The molecule has 0 N–H and O–H groups in total. The average Bonchev–Trinajstić information content (AvgIpc) is 3.77. The highest BCUT2D eigenvalue weighted by Crippen LogP contribution is 2.37. The fourth-order valence-electron chi connectivity index (χ4n) is 7.57. The zero-order valence-corrected chi connectivity index (χ0v) is 34.1. The highest BCUT2D eigenvalue weighted by molar-refractivity contribution is 6.08. The van der Waals surface area contributed by atoms with Crippen molar-refractivity contribution in [3.05, 3.63) is 216 Å². The summed E-state index contributed by atoms with van der Waals surface area (Å²) in [4.78, 5) is 18.6. The van der Waals surface area contributed by atoms with E-state index in [0.29, 0.717) is 56.3 Å². The first kappa shape index (κ1) is 29.7. The van der Waals surface area contributed by atoms with Gasteiger partial charge in [-0.2, -0.15) is 0 Å². The van der Waals surface area contributed by atoms with E-state index in [2.05, 4.69) is 15.0 Å². The van der Waals surface area contributed by atoms with Crippen molar-refractivity contribution in [1.29, 1.82) is 0 Å². The van der Waals surface area contributed by atoms with Gasteiger partial charge in [0.15, 0.2) is 0 Å². The molecular formula is C57H46N4O. The van der Waals surface area contributed by atoms with Gasteiger partial charge in [0.05, 0.1) is 17.1 Å². The Hall–Kier alpha value is -7.50. The normalized spacial score (nSPS) is 14.7. The Morgan fingerprint density at radius 1 is 0.452 bits per heavy atom. The van der Waals surface area contributed by atoms with E-state index in [9.17, 15) is 11.0 Å². The summed E-state index contributed by atoms with van der Waals surface area (Å²) in [7, 11) is 0. The van der Waals surface area contributed by atoms with Crippen LogP contribution in [0.1, 0.15) is 60.0 Å². The van der Waals surface area contributed by atoms with Gasteiger partial charge in [-0.05, 0) is 107 Å².